The van der Waals surface area contributed by atoms with Crippen LogP contribution in [0.25, 0.3) is 11.1 Å². The minimum Gasteiger partial charge on any atom is -0.463 e. The van der Waals surface area contributed by atoms with Gasteiger partial charge < -0.3 is 19.2 Å². The van der Waals surface area contributed by atoms with Crippen LogP contribution in [-0.2, 0) is 17.9 Å². The summed E-state index contributed by atoms with van der Waals surface area (Å²) >= 11 is 6.05. The molecule has 0 bridgehead atoms. The minimum absolute atomic E-state index is 0.102. The molecule has 32 heavy (non-hydrogen) atoms. The van der Waals surface area contributed by atoms with Gasteiger partial charge in [-0.15, -0.1) is 0 Å². The van der Waals surface area contributed by atoms with E-state index in [-0.39, 0.29) is 17.9 Å². The number of aromatic nitrogens is 1. The van der Waals surface area contributed by atoms with E-state index >= 15 is 0 Å². The first-order valence-electron chi connectivity index (χ1n) is 11.3. The van der Waals surface area contributed by atoms with Crippen LogP contribution in [0.15, 0.2) is 47.1 Å². The fourth-order valence-corrected chi connectivity index (χ4v) is 5.27. The van der Waals surface area contributed by atoms with Crippen molar-refractivity contribution in [2.45, 2.75) is 64.2 Å². The summed E-state index contributed by atoms with van der Waals surface area (Å²) in [6.45, 7) is 4.77. The summed E-state index contributed by atoms with van der Waals surface area (Å²) in [7, 11) is 0. The lowest BCUT2D eigenvalue weighted by Gasteiger charge is -2.45. The molecule has 0 spiro atoms. The number of amides is 2. The van der Waals surface area contributed by atoms with E-state index in [0.717, 1.165) is 30.3 Å². The third-order valence-electron chi connectivity index (χ3n) is 7.22. The summed E-state index contributed by atoms with van der Waals surface area (Å²) in [6, 6.07) is 11.2. The molecule has 5 rings (SSSR count). The molecule has 3 atom stereocenters. The minimum atomic E-state index is -1.04. The fourth-order valence-electron chi connectivity index (χ4n) is 5.15. The summed E-state index contributed by atoms with van der Waals surface area (Å²) < 4.78 is 7.46. The highest BCUT2D eigenvalue weighted by Gasteiger charge is 2.48. The van der Waals surface area contributed by atoms with Gasteiger partial charge in [0.05, 0.1) is 18.3 Å². The number of fused-ring (bicyclic) bond motifs is 3. The maximum Gasteiger partial charge on any atom is 0.271 e. The predicted octanol–water partition coefficient (Wildman–Crippen LogP) is 5.00. The molecule has 3 aromatic rings. The molecule has 0 radical (unpaired) electrons. The molecule has 6 nitrogen and oxygen atoms in total. The van der Waals surface area contributed by atoms with Crippen LogP contribution >= 0.6 is 11.6 Å². The first-order chi connectivity index (χ1) is 15.4. The number of nitrogens with zero attached hydrogens (tertiary/aromatic N) is 2. The third kappa shape index (κ3) is 3.51. The molecular formula is C25H28ClN3O3. The predicted molar refractivity (Wildman–Crippen MR) is 123 cm³/mol. The van der Waals surface area contributed by atoms with E-state index in [9.17, 15) is 9.59 Å². The summed E-state index contributed by atoms with van der Waals surface area (Å²) in [6.07, 6.45) is 6.04. The third-order valence-corrected chi connectivity index (χ3v) is 7.47. The topological polar surface area (TPSA) is 67.5 Å². The Balaban J connectivity index is 1.52. The number of nitrogens with one attached hydrogen (secondary N) is 1. The van der Waals surface area contributed by atoms with Crippen molar-refractivity contribution in [3.8, 4) is 0 Å². The molecule has 1 fully saturated rings. The van der Waals surface area contributed by atoms with Gasteiger partial charge in [-0.2, -0.15) is 0 Å². The van der Waals surface area contributed by atoms with Crippen molar-refractivity contribution >= 4 is 34.5 Å². The van der Waals surface area contributed by atoms with Crippen LogP contribution in [0, 0.1) is 5.92 Å². The van der Waals surface area contributed by atoms with Crippen molar-refractivity contribution in [2.75, 3.05) is 0 Å². The van der Waals surface area contributed by atoms with Crippen molar-refractivity contribution < 1.29 is 14.0 Å². The van der Waals surface area contributed by atoms with Gasteiger partial charge in [0.2, 0.25) is 5.91 Å². The number of hydrogen-bond donors (Lipinski definition) is 1. The quantitative estimate of drug-likeness (QED) is 0.604. The molecule has 1 aliphatic carbocycles. The molecule has 0 unspecified atom stereocenters. The van der Waals surface area contributed by atoms with Gasteiger partial charge in [0.25, 0.3) is 5.91 Å². The summed E-state index contributed by atoms with van der Waals surface area (Å²) in [4.78, 5) is 29.2. The average Bonchev–Trinajstić information content (AvgIpc) is 3.36. The summed E-state index contributed by atoms with van der Waals surface area (Å²) in [5.41, 5.74) is 1.93. The van der Waals surface area contributed by atoms with Crippen LogP contribution in [0.4, 0.5) is 0 Å². The van der Waals surface area contributed by atoms with Crippen LogP contribution in [0.1, 0.15) is 55.6 Å². The monoisotopic (exact) mass is 453 g/mol. The zero-order valence-electron chi connectivity index (χ0n) is 18.4. The van der Waals surface area contributed by atoms with Gasteiger partial charge in [-0.05, 0) is 43.4 Å². The van der Waals surface area contributed by atoms with Crippen molar-refractivity contribution in [1.29, 1.82) is 0 Å². The number of rotatable bonds is 4. The van der Waals surface area contributed by atoms with E-state index in [0.29, 0.717) is 35.3 Å². The van der Waals surface area contributed by atoms with Crippen molar-refractivity contribution in [3.63, 3.8) is 0 Å². The van der Waals surface area contributed by atoms with Gasteiger partial charge in [-0.25, -0.2) is 0 Å². The molecule has 1 saturated carbocycles. The van der Waals surface area contributed by atoms with Crippen LogP contribution < -0.4 is 5.32 Å². The first kappa shape index (κ1) is 21.1. The molecule has 0 saturated heterocycles. The standard InChI is InChI=1S/C25H28ClN3O3/c1-16-5-3-4-6-19(16)27-24(31)25(2)15-28-20-11-12-32-22(20)13-21(28)23(30)29(25)14-17-7-9-18(26)10-8-17/h7-13,16,19H,3-6,14-15H2,1-2H3,(H,27,31)/t16-,19+,25-/m1/s1. The maximum absolute atomic E-state index is 13.8. The Morgan fingerprint density at radius 1 is 1.22 bits per heavy atom. The smallest absolute Gasteiger partial charge is 0.271 e. The highest BCUT2D eigenvalue weighted by molar-refractivity contribution is 6.30. The van der Waals surface area contributed by atoms with Crippen molar-refractivity contribution in [1.82, 2.24) is 14.8 Å². The molecule has 2 aliphatic rings. The van der Waals surface area contributed by atoms with E-state index in [1.165, 1.54) is 6.42 Å². The lowest BCUT2D eigenvalue weighted by molar-refractivity contribution is -0.134. The fraction of sp³-hybridized carbons (Fsp3) is 0.440. The Bertz CT molecular complexity index is 1170. The van der Waals surface area contributed by atoms with Crippen molar-refractivity contribution in [3.05, 3.63) is 58.9 Å². The number of hydrogen-bond acceptors (Lipinski definition) is 3. The Morgan fingerprint density at radius 2 is 1.97 bits per heavy atom. The van der Waals surface area contributed by atoms with E-state index in [1.54, 1.807) is 17.2 Å². The Kier molecular flexibility index (Phi) is 5.28. The van der Waals surface area contributed by atoms with E-state index < -0.39 is 5.54 Å². The molecule has 2 aromatic heterocycles. The van der Waals surface area contributed by atoms with E-state index in [4.69, 9.17) is 16.0 Å². The number of halogens is 1. The number of carbonyl (C=O) groups is 2. The molecular weight excluding hydrogens is 426 g/mol. The Hall–Kier alpha value is -2.73. The van der Waals surface area contributed by atoms with Gasteiger partial charge in [0.1, 0.15) is 11.2 Å². The number of furan rings is 1. The Morgan fingerprint density at radius 3 is 2.72 bits per heavy atom. The lowest BCUT2D eigenvalue weighted by atomic mass is 9.85. The van der Waals surface area contributed by atoms with Crippen LogP contribution in [0.3, 0.4) is 0 Å². The van der Waals surface area contributed by atoms with E-state index in [1.807, 2.05) is 41.8 Å². The molecule has 1 aromatic carbocycles. The molecule has 1 aliphatic heterocycles. The van der Waals surface area contributed by atoms with Crippen molar-refractivity contribution in [2.24, 2.45) is 5.92 Å². The van der Waals surface area contributed by atoms with Crippen LogP contribution in [-0.4, -0.2) is 32.9 Å². The van der Waals surface area contributed by atoms with Crippen LogP contribution in [0.2, 0.25) is 5.02 Å². The van der Waals surface area contributed by atoms with Gasteiger partial charge >= 0.3 is 0 Å². The van der Waals surface area contributed by atoms with Gasteiger partial charge in [0, 0.05) is 29.7 Å². The van der Waals surface area contributed by atoms with E-state index in [2.05, 4.69) is 12.2 Å². The Labute approximate surface area is 192 Å². The first-order valence-corrected chi connectivity index (χ1v) is 11.7. The zero-order valence-corrected chi connectivity index (χ0v) is 19.2. The van der Waals surface area contributed by atoms with Gasteiger partial charge in [-0.1, -0.05) is 43.5 Å². The highest BCUT2D eigenvalue weighted by atomic mass is 35.5. The lowest BCUT2D eigenvalue weighted by Crippen LogP contribution is -2.65. The normalized spacial score (nSPS) is 25.7. The summed E-state index contributed by atoms with van der Waals surface area (Å²) in [5.74, 6) is 0.157. The molecule has 3 heterocycles. The molecule has 7 heteroatoms. The largest absolute Gasteiger partial charge is 0.463 e. The molecule has 2 amide bonds. The average molecular weight is 454 g/mol. The zero-order chi connectivity index (χ0) is 22.5. The number of carbonyl (C=O) groups excluding carboxylic acids is 2. The SMILES string of the molecule is C[C@@H]1CCCC[C@@H]1NC(=O)[C@@]1(C)Cn2c(cc3occc32)C(=O)N1Cc1ccc(Cl)cc1. The van der Waals surface area contributed by atoms with Gasteiger partial charge in [-0.3, -0.25) is 9.59 Å². The second kappa shape index (κ2) is 8.00. The molecule has 1 N–H and O–H groups in total. The second-order valence-corrected chi connectivity index (χ2v) is 9.86. The molecule has 168 valence electrons. The summed E-state index contributed by atoms with van der Waals surface area (Å²) in [5, 5.41) is 3.94. The maximum atomic E-state index is 13.8. The van der Waals surface area contributed by atoms with Gasteiger partial charge in [0.15, 0.2) is 5.58 Å². The highest BCUT2D eigenvalue weighted by Crippen LogP contribution is 2.35. The number of benzene rings is 1. The second-order valence-electron chi connectivity index (χ2n) is 9.42. The van der Waals surface area contributed by atoms with Crippen LogP contribution in [0.5, 0.6) is 0 Å².